The molecule has 3 rings (SSSR count). The zero-order chi connectivity index (χ0) is 21.3. The molecule has 2 amide bonds. The number of halogens is 1. The van der Waals surface area contributed by atoms with Crippen molar-refractivity contribution >= 4 is 38.5 Å². The number of fused-ring (bicyclic) bond motifs is 1. The number of carbonyl (C=O) groups is 2. The van der Waals surface area contributed by atoms with Crippen LogP contribution in [-0.4, -0.2) is 25.0 Å². The van der Waals surface area contributed by atoms with E-state index in [4.69, 9.17) is 9.47 Å². The third-order valence-corrected chi connectivity index (χ3v) is 5.20. The molecule has 2 N–H and O–H groups in total. The maximum atomic E-state index is 12.2. The van der Waals surface area contributed by atoms with E-state index in [1.54, 1.807) is 30.3 Å². The van der Waals surface area contributed by atoms with Crippen molar-refractivity contribution in [2.75, 3.05) is 13.2 Å². The molecule has 0 aliphatic heterocycles. The van der Waals surface area contributed by atoms with E-state index in [1.807, 2.05) is 30.3 Å². The Hall–Kier alpha value is -3.06. The number of unbranched alkanes of at least 4 members (excludes halogenated alkanes) is 1. The Morgan fingerprint density at radius 3 is 2.47 bits per heavy atom. The van der Waals surface area contributed by atoms with Crippen molar-refractivity contribution < 1.29 is 19.1 Å². The average Bonchev–Trinajstić information content (AvgIpc) is 2.78. The van der Waals surface area contributed by atoms with Crippen LogP contribution in [0.25, 0.3) is 10.8 Å². The Labute approximate surface area is 183 Å². The van der Waals surface area contributed by atoms with Crippen LogP contribution in [0.15, 0.2) is 65.1 Å². The van der Waals surface area contributed by atoms with Gasteiger partial charge in [-0.2, -0.15) is 0 Å². The van der Waals surface area contributed by atoms with E-state index in [9.17, 15) is 9.59 Å². The van der Waals surface area contributed by atoms with Crippen LogP contribution in [0.1, 0.15) is 30.1 Å². The molecule has 30 heavy (non-hydrogen) atoms. The number of carbonyl (C=O) groups excluding carboxylic acids is 2. The van der Waals surface area contributed by atoms with E-state index in [0.717, 1.165) is 28.1 Å². The Morgan fingerprint density at radius 1 is 0.933 bits per heavy atom. The van der Waals surface area contributed by atoms with Crippen molar-refractivity contribution in [2.24, 2.45) is 0 Å². The summed E-state index contributed by atoms with van der Waals surface area (Å²) >= 11 is 3.51. The fourth-order valence-electron chi connectivity index (χ4n) is 2.74. The summed E-state index contributed by atoms with van der Waals surface area (Å²) in [6.07, 6.45) is 2.04. The highest BCUT2D eigenvalue weighted by Gasteiger charge is 2.10. The molecule has 0 fully saturated rings. The molecule has 0 bridgehead atoms. The van der Waals surface area contributed by atoms with Gasteiger partial charge >= 0.3 is 0 Å². The predicted octanol–water partition coefficient (Wildman–Crippen LogP) is 4.62. The second-order valence-corrected chi connectivity index (χ2v) is 7.41. The van der Waals surface area contributed by atoms with Gasteiger partial charge in [0.05, 0.1) is 11.1 Å². The van der Waals surface area contributed by atoms with Crippen LogP contribution in [-0.2, 0) is 4.79 Å². The highest BCUT2D eigenvalue weighted by molar-refractivity contribution is 9.10. The van der Waals surface area contributed by atoms with Gasteiger partial charge in [0.25, 0.3) is 11.8 Å². The molecule has 0 aliphatic carbocycles. The van der Waals surface area contributed by atoms with Crippen molar-refractivity contribution in [3.63, 3.8) is 0 Å². The predicted molar refractivity (Wildman–Crippen MR) is 120 cm³/mol. The van der Waals surface area contributed by atoms with Crippen molar-refractivity contribution in [3.8, 4) is 11.5 Å². The highest BCUT2D eigenvalue weighted by atomic mass is 79.9. The Balaban J connectivity index is 1.47. The molecule has 0 atom stereocenters. The van der Waals surface area contributed by atoms with Gasteiger partial charge in [0.1, 0.15) is 11.5 Å². The smallest absolute Gasteiger partial charge is 0.276 e. The van der Waals surface area contributed by atoms with E-state index in [-0.39, 0.29) is 6.61 Å². The van der Waals surface area contributed by atoms with Crippen LogP contribution in [0.5, 0.6) is 11.5 Å². The van der Waals surface area contributed by atoms with Crippen molar-refractivity contribution in [1.82, 2.24) is 10.9 Å². The van der Waals surface area contributed by atoms with Gasteiger partial charge in [0.2, 0.25) is 0 Å². The average molecular weight is 471 g/mol. The van der Waals surface area contributed by atoms with Crippen LogP contribution in [0.4, 0.5) is 0 Å². The van der Waals surface area contributed by atoms with Gasteiger partial charge in [-0.15, -0.1) is 0 Å². The molecule has 0 saturated carbocycles. The van der Waals surface area contributed by atoms with E-state index < -0.39 is 11.8 Å². The molecule has 6 nitrogen and oxygen atoms in total. The summed E-state index contributed by atoms with van der Waals surface area (Å²) in [5.74, 6) is 0.366. The summed E-state index contributed by atoms with van der Waals surface area (Å²) in [5, 5.41) is 2.06. The summed E-state index contributed by atoms with van der Waals surface area (Å²) in [7, 11) is 0. The van der Waals surface area contributed by atoms with Crippen LogP contribution in [0.2, 0.25) is 0 Å². The number of benzene rings is 3. The zero-order valence-corrected chi connectivity index (χ0v) is 18.2. The molecule has 0 aliphatic rings. The minimum absolute atomic E-state index is 0.235. The molecular formula is C23H23BrN2O4. The number of nitrogens with one attached hydrogen (secondary N) is 2. The fraction of sp³-hybridized carbons (Fsp3) is 0.217. The normalized spacial score (nSPS) is 10.5. The van der Waals surface area contributed by atoms with Crippen molar-refractivity contribution in [2.45, 2.75) is 19.8 Å². The molecule has 0 aromatic heterocycles. The molecule has 0 saturated heterocycles. The van der Waals surface area contributed by atoms with Gasteiger partial charge in [-0.3, -0.25) is 20.4 Å². The monoisotopic (exact) mass is 470 g/mol. The molecule has 0 unspecified atom stereocenters. The van der Waals surface area contributed by atoms with Gasteiger partial charge in [0, 0.05) is 5.56 Å². The molecule has 0 radical (unpaired) electrons. The van der Waals surface area contributed by atoms with Gasteiger partial charge in [-0.05, 0) is 63.5 Å². The molecule has 3 aromatic rings. The molecule has 0 heterocycles. The van der Waals surface area contributed by atoms with Gasteiger partial charge in [0.15, 0.2) is 6.61 Å². The summed E-state index contributed by atoms with van der Waals surface area (Å²) in [4.78, 5) is 24.2. The third kappa shape index (κ3) is 5.73. The molecule has 0 spiro atoms. The number of amides is 2. The number of rotatable bonds is 8. The van der Waals surface area contributed by atoms with E-state index in [0.29, 0.717) is 23.7 Å². The first kappa shape index (κ1) is 21.6. The largest absolute Gasteiger partial charge is 0.494 e. The quantitative estimate of drug-likeness (QED) is 0.371. The Kier molecular flexibility index (Phi) is 7.68. The molecule has 7 heteroatoms. The third-order valence-electron chi connectivity index (χ3n) is 4.39. The van der Waals surface area contributed by atoms with Crippen LogP contribution >= 0.6 is 15.9 Å². The number of ether oxygens (including phenoxy) is 2. The maximum Gasteiger partial charge on any atom is 0.276 e. The summed E-state index contributed by atoms with van der Waals surface area (Å²) in [6, 6.07) is 18.3. The topological polar surface area (TPSA) is 76.7 Å². The Bertz CT molecular complexity index is 1020. The fourth-order valence-corrected chi connectivity index (χ4v) is 3.35. The van der Waals surface area contributed by atoms with Crippen LogP contribution in [0.3, 0.4) is 0 Å². The van der Waals surface area contributed by atoms with Crippen LogP contribution in [0, 0.1) is 0 Å². The number of hydrogen-bond donors (Lipinski definition) is 2. The molecular weight excluding hydrogens is 448 g/mol. The number of hydrogen-bond acceptors (Lipinski definition) is 4. The number of hydrazine groups is 1. The second-order valence-electron chi connectivity index (χ2n) is 6.62. The first-order chi connectivity index (χ1) is 14.6. The Morgan fingerprint density at radius 2 is 1.70 bits per heavy atom. The van der Waals surface area contributed by atoms with Crippen LogP contribution < -0.4 is 20.3 Å². The first-order valence-corrected chi connectivity index (χ1v) is 10.5. The van der Waals surface area contributed by atoms with E-state index in [1.165, 1.54) is 0 Å². The lowest BCUT2D eigenvalue weighted by Gasteiger charge is -2.11. The van der Waals surface area contributed by atoms with Gasteiger partial charge in [-0.1, -0.05) is 43.7 Å². The summed E-state index contributed by atoms with van der Waals surface area (Å²) in [5.41, 5.74) is 5.15. The molecule has 156 valence electrons. The molecule has 3 aromatic carbocycles. The summed E-state index contributed by atoms with van der Waals surface area (Å²) < 4.78 is 11.9. The van der Waals surface area contributed by atoms with Crippen molar-refractivity contribution in [1.29, 1.82) is 0 Å². The van der Waals surface area contributed by atoms with E-state index >= 15 is 0 Å². The SMILES string of the molecule is CCCCOc1ccc(C(=O)NNC(=O)COc2ccc3ccccc3c2Br)cc1. The maximum absolute atomic E-state index is 12.2. The minimum Gasteiger partial charge on any atom is -0.494 e. The van der Waals surface area contributed by atoms with E-state index in [2.05, 4.69) is 33.7 Å². The van der Waals surface area contributed by atoms with Gasteiger partial charge in [-0.25, -0.2) is 0 Å². The zero-order valence-electron chi connectivity index (χ0n) is 16.6. The first-order valence-electron chi connectivity index (χ1n) is 9.70. The van der Waals surface area contributed by atoms with Gasteiger partial charge < -0.3 is 9.47 Å². The lowest BCUT2D eigenvalue weighted by atomic mass is 10.1. The summed E-state index contributed by atoms with van der Waals surface area (Å²) in [6.45, 7) is 2.50. The minimum atomic E-state index is -0.470. The lowest BCUT2D eigenvalue weighted by Crippen LogP contribution is -2.43. The standard InChI is InChI=1S/C23H23BrN2O4/c1-2-3-14-29-18-11-8-17(9-12-18)23(28)26-25-21(27)15-30-20-13-10-16-6-4-5-7-19(16)22(20)24/h4-13H,2-3,14-15H2,1H3,(H,25,27)(H,26,28). The van der Waals surface area contributed by atoms with Crippen molar-refractivity contribution in [3.05, 3.63) is 70.7 Å². The second kappa shape index (κ2) is 10.6. The highest BCUT2D eigenvalue weighted by Crippen LogP contribution is 2.32. The lowest BCUT2D eigenvalue weighted by molar-refractivity contribution is -0.123.